The lowest BCUT2D eigenvalue weighted by molar-refractivity contribution is -0.122. The average molecular weight is 404 g/mol. The second-order valence-corrected chi connectivity index (χ2v) is 9.81. The van der Waals surface area contributed by atoms with Crippen LogP contribution in [0.25, 0.3) is 0 Å². The maximum atomic E-state index is 12.0. The normalized spacial score (nSPS) is 20.8. The molecule has 0 saturated heterocycles. The molecule has 0 bridgehead atoms. The molecule has 6 nitrogen and oxygen atoms in total. The number of rotatable bonds is 8. The lowest BCUT2D eigenvalue weighted by atomic mass is 9.67. The molecule has 0 spiro atoms. The smallest absolute Gasteiger partial charge is 0.248 e. The van der Waals surface area contributed by atoms with E-state index in [0.717, 1.165) is 24.9 Å². The number of nitrogens with one attached hydrogen (secondary N) is 2. The molecular weight excluding hydrogens is 366 g/mol. The van der Waals surface area contributed by atoms with E-state index in [9.17, 15) is 9.59 Å². The van der Waals surface area contributed by atoms with Gasteiger partial charge < -0.3 is 21.1 Å². The van der Waals surface area contributed by atoms with Gasteiger partial charge in [0.15, 0.2) is 0 Å². The molecule has 6 heteroatoms. The number of primary amides is 1. The first-order chi connectivity index (χ1) is 13.5. The molecule has 162 valence electrons. The Morgan fingerprint density at radius 2 is 1.93 bits per heavy atom. The van der Waals surface area contributed by atoms with Crippen LogP contribution < -0.4 is 16.4 Å². The zero-order valence-corrected chi connectivity index (χ0v) is 18.7. The summed E-state index contributed by atoms with van der Waals surface area (Å²) in [7, 11) is 1.74. The van der Waals surface area contributed by atoms with Gasteiger partial charge in [0.05, 0.1) is 6.10 Å². The van der Waals surface area contributed by atoms with Gasteiger partial charge >= 0.3 is 0 Å². The minimum Gasteiger partial charge on any atom is -0.379 e. The summed E-state index contributed by atoms with van der Waals surface area (Å²) in [6.07, 6.45) is 2.19. The molecule has 2 rings (SSSR count). The fourth-order valence-electron chi connectivity index (χ4n) is 4.20. The molecule has 29 heavy (non-hydrogen) atoms. The van der Waals surface area contributed by atoms with E-state index in [1.165, 1.54) is 5.56 Å². The van der Waals surface area contributed by atoms with E-state index in [0.29, 0.717) is 18.5 Å². The van der Waals surface area contributed by atoms with Crippen molar-refractivity contribution in [2.75, 3.05) is 20.2 Å². The minimum absolute atomic E-state index is 0.00268. The molecule has 4 N–H and O–H groups in total. The number of carbonyl (C=O) groups excluding carboxylic acids is 2. The highest BCUT2D eigenvalue weighted by Crippen LogP contribution is 2.38. The molecule has 2 amide bonds. The number of amides is 2. The van der Waals surface area contributed by atoms with Crippen molar-refractivity contribution in [3.8, 4) is 0 Å². The first-order valence-corrected chi connectivity index (χ1v) is 10.4. The fourth-order valence-corrected chi connectivity index (χ4v) is 4.20. The number of benzene rings is 1. The van der Waals surface area contributed by atoms with E-state index in [2.05, 4.69) is 45.3 Å². The van der Waals surface area contributed by atoms with E-state index in [1.807, 2.05) is 12.1 Å². The van der Waals surface area contributed by atoms with Crippen molar-refractivity contribution in [1.29, 1.82) is 0 Å². The van der Waals surface area contributed by atoms with Crippen molar-refractivity contribution < 1.29 is 14.3 Å². The summed E-state index contributed by atoms with van der Waals surface area (Å²) in [6.45, 7) is 11.9. The van der Waals surface area contributed by atoms with Crippen LogP contribution >= 0.6 is 0 Å². The lowest BCUT2D eigenvalue weighted by Gasteiger charge is -2.45. The van der Waals surface area contributed by atoms with Gasteiger partial charge in [-0.15, -0.1) is 0 Å². The van der Waals surface area contributed by atoms with Crippen molar-refractivity contribution in [1.82, 2.24) is 10.6 Å². The second kappa shape index (κ2) is 9.26. The SMILES string of the molecule is COC1Cc2ccc(C(N)=O)cc2C(C)(C)C1NCCCNC(=O)CC(C)(C)C. The van der Waals surface area contributed by atoms with Gasteiger partial charge in [0.2, 0.25) is 11.8 Å². The summed E-state index contributed by atoms with van der Waals surface area (Å²) in [5.74, 6) is -0.314. The van der Waals surface area contributed by atoms with Gasteiger partial charge in [-0.25, -0.2) is 0 Å². The molecule has 1 aliphatic carbocycles. The molecule has 1 aromatic rings. The quantitative estimate of drug-likeness (QED) is 0.582. The van der Waals surface area contributed by atoms with Crippen LogP contribution in [-0.2, 0) is 21.4 Å². The van der Waals surface area contributed by atoms with Gasteiger partial charge in [-0.05, 0) is 41.6 Å². The van der Waals surface area contributed by atoms with Gasteiger partial charge in [-0.1, -0.05) is 40.7 Å². The Labute approximate surface area is 175 Å². The Kier molecular flexibility index (Phi) is 7.46. The highest BCUT2D eigenvalue weighted by Gasteiger charge is 2.42. The van der Waals surface area contributed by atoms with E-state index < -0.39 is 5.91 Å². The first kappa shape index (κ1) is 23.4. The maximum absolute atomic E-state index is 12.0. The Morgan fingerprint density at radius 3 is 2.52 bits per heavy atom. The predicted molar refractivity (Wildman–Crippen MR) is 116 cm³/mol. The number of hydrogen-bond acceptors (Lipinski definition) is 4. The van der Waals surface area contributed by atoms with Crippen LogP contribution in [0.5, 0.6) is 0 Å². The van der Waals surface area contributed by atoms with Crippen LogP contribution in [0.3, 0.4) is 0 Å². The van der Waals surface area contributed by atoms with Crippen molar-refractivity contribution in [3.05, 3.63) is 34.9 Å². The topological polar surface area (TPSA) is 93.4 Å². The summed E-state index contributed by atoms with van der Waals surface area (Å²) < 4.78 is 5.80. The summed E-state index contributed by atoms with van der Waals surface area (Å²) in [4.78, 5) is 23.6. The number of hydrogen-bond donors (Lipinski definition) is 3. The van der Waals surface area contributed by atoms with E-state index in [4.69, 9.17) is 10.5 Å². The molecule has 0 aliphatic heterocycles. The van der Waals surface area contributed by atoms with Crippen LogP contribution in [0.4, 0.5) is 0 Å². The number of carbonyl (C=O) groups is 2. The largest absolute Gasteiger partial charge is 0.379 e. The van der Waals surface area contributed by atoms with Gasteiger partial charge in [-0.3, -0.25) is 9.59 Å². The van der Waals surface area contributed by atoms with Crippen molar-refractivity contribution in [2.24, 2.45) is 11.1 Å². The number of ether oxygens (including phenoxy) is 1. The van der Waals surface area contributed by atoms with E-state index in [1.54, 1.807) is 13.2 Å². The molecule has 1 aliphatic rings. The Balaban J connectivity index is 2.00. The van der Waals surface area contributed by atoms with E-state index in [-0.39, 0.29) is 28.9 Å². The van der Waals surface area contributed by atoms with Crippen LogP contribution in [0.2, 0.25) is 0 Å². The van der Waals surface area contributed by atoms with Crippen molar-refractivity contribution in [2.45, 2.75) is 71.4 Å². The average Bonchev–Trinajstić information content (AvgIpc) is 2.60. The standard InChI is InChI=1S/C23H37N3O3/c1-22(2,3)14-19(27)25-10-7-11-26-20-18(29-6)13-15-8-9-16(21(24)28)12-17(15)23(20,4)5/h8-9,12,18,20,26H,7,10-11,13-14H2,1-6H3,(H2,24,28)(H,25,27). The summed E-state index contributed by atoms with van der Waals surface area (Å²) in [6, 6.07) is 5.79. The zero-order valence-electron chi connectivity index (χ0n) is 18.7. The monoisotopic (exact) mass is 403 g/mol. The third-order valence-electron chi connectivity index (χ3n) is 5.69. The molecule has 2 unspecified atom stereocenters. The van der Waals surface area contributed by atoms with E-state index >= 15 is 0 Å². The Morgan fingerprint density at radius 1 is 1.24 bits per heavy atom. The van der Waals surface area contributed by atoms with Gasteiger partial charge in [-0.2, -0.15) is 0 Å². The zero-order chi connectivity index (χ0) is 21.8. The second-order valence-electron chi connectivity index (χ2n) is 9.81. The molecule has 0 aromatic heterocycles. The van der Waals surface area contributed by atoms with Gasteiger partial charge in [0.1, 0.15) is 0 Å². The van der Waals surface area contributed by atoms with Gasteiger partial charge in [0.25, 0.3) is 0 Å². The fraction of sp³-hybridized carbons (Fsp3) is 0.652. The highest BCUT2D eigenvalue weighted by molar-refractivity contribution is 5.93. The van der Waals surface area contributed by atoms with Crippen molar-refractivity contribution in [3.63, 3.8) is 0 Å². The highest BCUT2D eigenvalue weighted by atomic mass is 16.5. The lowest BCUT2D eigenvalue weighted by Crippen LogP contribution is -2.57. The van der Waals surface area contributed by atoms with Crippen LogP contribution in [0, 0.1) is 5.41 Å². The van der Waals surface area contributed by atoms with Gasteiger partial charge in [0, 0.05) is 43.5 Å². The number of methoxy groups -OCH3 is 1. The molecule has 0 heterocycles. The minimum atomic E-state index is -0.409. The Hall–Kier alpha value is -1.92. The summed E-state index contributed by atoms with van der Waals surface area (Å²) in [5.41, 5.74) is 8.12. The molecular formula is C23H37N3O3. The summed E-state index contributed by atoms with van der Waals surface area (Å²) in [5, 5.41) is 6.63. The molecule has 0 saturated carbocycles. The van der Waals surface area contributed by atoms with Crippen LogP contribution in [-0.4, -0.2) is 44.2 Å². The van der Waals surface area contributed by atoms with Crippen molar-refractivity contribution >= 4 is 11.8 Å². The molecule has 0 fully saturated rings. The third kappa shape index (κ3) is 6.03. The molecule has 1 aromatic carbocycles. The van der Waals surface area contributed by atoms with Crippen LogP contribution in [0.1, 0.15) is 68.9 Å². The molecule has 2 atom stereocenters. The maximum Gasteiger partial charge on any atom is 0.248 e. The molecule has 0 radical (unpaired) electrons. The van der Waals surface area contributed by atoms with Crippen LogP contribution in [0.15, 0.2) is 18.2 Å². The Bertz CT molecular complexity index is 737. The predicted octanol–water partition coefficient (Wildman–Crippen LogP) is 2.53. The summed E-state index contributed by atoms with van der Waals surface area (Å²) >= 11 is 0. The number of nitrogens with two attached hydrogens (primary N) is 1. The number of fused-ring (bicyclic) bond motifs is 1. The first-order valence-electron chi connectivity index (χ1n) is 10.4. The third-order valence-corrected chi connectivity index (χ3v) is 5.69.